The Hall–Kier alpha value is -2.02. The molecule has 146 valence electrons. The van der Waals surface area contributed by atoms with Crippen LogP contribution >= 0.6 is 11.8 Å². The van der Waals surface area contributed by atoms with E-state index in [2.05, 4.69) is 24.1 Å². The van der Waals surface area contributed by atoms with E-state index in [9.17, 15) is 9.59 Å². The van der Waals surface area contributed by atoms with E-state index in [-0.39, 0.29) is 17.7 Å². The van der Waals surface area contributed by atoms with Crippen LogP contribution in [0.1, 0.15) is 40.0 Å². The Kier molecular flexibility index (Phi) is 6.42. The molecule has 0 spiro atoms. The van der Waals surface area contributed by atoms with Gasteiger partial charge in [0.25, 0.3) is 11.1 Å². The lowest BCUT2D eigenvalue weighted by Crippen LogP contribution is -2.47. The van der Waals surface area contributed by atoms with Gasteiger partial charge >= 0.3 is 5.97 Å². The maximum absolute atomic E-state index is 12.4. The first-order valence-corrected chi connectivity index (χ1v) is 10.4. The fourth-order valence-electron chi connectivity index (χ4n) is 3.40. The first-order chi connectivity index (χ1) is 12.9. The van der Waals surface area contributed by atoms with E-state index in [0.29, 0.717) is 22.6 Å². The van der Waals surface area contributed by atoms with E-state index < -0.39 is 12.1 Å². The first kappa shape index (κ1) is 19.7. The zero-order valence-corrected chi connectivity index (χ0v) is 16.8. The number of oxazole rings is 1. The summed E-state index contributed by atoms with van der Waals surface area (Å²) in [7, 11) is 0. The van der Waals surface area contributed by atoms with Gasteiger partial charge in [-0.1, -0.05) is 50.6 Å². The normalized spacial score (nSPS) is 23.7. The number of benzene rings is 1. The van der Waals surface area contributed by atoms with Crippen LogP contribution in [-0.2, 0) is 14.3 Å². The van der Waals surface area contributed by atoms with Crippen molar-refractivity contribution in [2.75, 3.05) is 5.75 Å². The van der Waals surface area contributed by atoms with Gasteiger partial charge in [0.1, 0.15) is 11.3 Å². The summed E-state index contributed by atoms with van der Waals surface area (Å²) in [5, 5.41) is 3.45. The zero-order chi connectivity index (χ0) is 19.4. The van der Waals surface area contributed by atoms with Crippen molar-refractivity contribution in [3.63, 3.8) is 0 Å². The largest absolute Gasteiger partial charge is 0.452 e. The van der Waals surface area contributed by atoms with Gasteiger partial charge < -0.3 is 14.5 Å². The molecule has 7 heteroatoms. The van der Waals surface area contributed by atoms with Gasteiger partial charge in [0.2, 0.25) is 0 Å². The van der Waals surface area contributed by atoms with Crippen molar-refractivity contribution in [3.05, 3.63) is 24.3 Å². The van der Waals surface area contributed by atoms with Gasteiger partial charge in [-0.15, -0.1) is 0 Å². The highest BCUT2D eigenvalue weighted by atomic mass is 32.2. The Morgan fingerprint density at radius 3 is 2.89 bits per heavy atom. The lowest BCUT2D eigenvalue weighted by molar-refractivity contribution is -0.152. The predicted molar refractivity (Wildman–Crippen MR) is 104 cm³/mol. The Balaban J connectivity index is 1.46. The molecule has 27 heavy (non-hydrogen) atoms. The molecular weight excluding hydrogens is 364 g/mol. The van der Waals surface area contributed by atoms with E-state index in [1.54, 1.807) is 6.92 Å². The summed E-state index contributed by atoms with van der Waals surface area (Å²) in [6.07, 6.45) is 2.48. The minimum Gasteiger partial charge on any atom is -0.452 e. The third kappa shape index (κ3) is 5.03. The molecule has 0 unspecified atom stereocenters. The Labute approximate surface area is 163 Å². The fraction of sp³-hybridized carbons (Fsp3) is 0.550. The number of rotatable bonds is 6. The Bertz CT molecular complexity index is 773. The SMILES string of the molecule is C[C@H]1[C@@H](NC(=O)[C@@H](C)OC(=O)CSc2nc3ccccc3o2)CCC[C@@H]1C. The van der Waals surface area contributed by atoms with Crippen molar-refractivity contribution in [2.45, 2.75) is 57.4 Å². The summed E-state index contributed by atoms with van der Waals surface area (Å²) in [5.74, 6) is 0.368. The quantitative estimate of drug-likeness (QED) is 0.597. The molecule has 1 aliphatic carbocycles. The van der Waals surface area contributed by atoms with Crippen LogP contribution in [0.25, 0.3) is 11.1 Å². The van der Waals surface area contributed by atoms with Gasteiger partial charge in [-0.3, -0.25) is 9.59 Å². The molecule has 1 aromatic carbocycles. The number of aromatic nitrogens is 1. The van der Waals surface area contributed by atoms with Crippen LogP contribution in [0.4, 0.5) is 0 Å². The third-order valence-corrected chi connectivity index (χ3v) is 6.10. The van der Waals surface area contributed by atoms with E-state index in [0.717, 1.165) is 30.1 Å². The van der Waals surface area contributed by atoms with Crippen LogP contribution in [0.15, 0.2) is 33.9 Å². The molecule has 2 aromatic rings. The third-order valence-electron chi connectivity index (χ3n) is 5.30. The molecule has 1 N–H and O–H groups in total. The number of ether oxygens (including phenoxy) is 1. The average Bonchev–Trinajstić information content (AvgIpc) is 3.06. The highest BCUT2D eigenvalue weighted by Crippen LogP contribution is 2.29. The van der Waals surface area contributed by atoms with Crippen molar-refractivity contribution in [2.24, 2.45) is 11.8 Å². The van der Waals surface area contributed by atoms with Crippen molar-refractivity contribution < 1.29 is 18.7 Å². The number of fused-ring (bicyclic) bond motifs is 1. The summed E-state index contributed by atoms with van der Waals surface area (Å²) >= 11 is 1.16. The first-order valence-electron chi connectivity index (χ1n) is 9.42. The molecule has 3 rings (SSSR count). The number of carbonyl (C=O) groups excluding carboxylic acids is 2. The van der Waals surface area contributed by atoms with Crippen LogP contribution < -0.4 is 5.32 Å². The summed E-state index contributed by atoms with van der Waals surface area (Å²) in [6, 6.07) is 7.56. The molecule has 1 saturated carbocycles. The van der Waals surface area contributed by atoms with Gasteiger partial charge in [-0.2, -0.15) is 0 Å². The van der Waals surface area contributed by atoms with Crippen LogP contribution in [0.2, 0.25) is 0 Å². The predicted octanol–water partition coefficient (Wildman–Crippen LogP) is 3.79. The fourth-order valence-corrected chi connectivity index (χ4v) is 4.02. The smallest absolute Gasteiger partial charge is 0.317 e. The van der Waals surface area contributed by atoms with Crippen LogP contribution in [0, 0.1) is 11.8 Å². The van der Waals surface area contributed by atoms with Crippen LogP contribution in [-0.4, -0.2) is 34.8 Å². The van der Waals surface area contributed by atoms with E-state index in [4.69, 9.17) is 9.15 Å². The minimum atomic E-state index is -0.814. The number of carbonyl (C=O) groups is 2. The molecule has 1 fully saturated rings. The molecule has 1 amide bonds. The monoisotopic (exact) mass is 390 g/mol. The molecule has 4 atom stereocenters. The van der Waals surface area contributed by atoms with Crippen molar-refractivity contribution in [1.29, 1.82) is 0 Å². The second kappa shape index (κ2) is 8.78. The molecule has 1 heterocycles. The summed E-state index contributed by atoms with van der Waals surface area (Å²) in [5.41, 5.74) is 1.42. The molecule has 1 aromatic heterocycles. The summed E-state index contributed by atoms with van der Waals surface area (Å²) in [6.45, 7) is 5.99. The lowest BCUT2D eigenvalue weighted by atomic mass is 9.78. The molecule has 1 aliphatic rings. The second-order valence-electron chi connectivity index (χ2n) is 7.25. The van der Waals surface area contributed by atoms with Crippen LogP contribution in [0.5, 0.6) is 0 Å². The average molecular weight is 391 g/mol. The van der Waals surface area contributed by atoms with Crippen molar-refractivity contribution in [1.82, 2.24) is 10.3 Å². The van der Waals surface area contributed by atoms with Crippen molar-refractivity contribution in [3.8, 4) is 0 Å². The standard InChI is InChI=1S/C20H26N2O4S/c1-12-7-6-9-15(13(12)2)21-19(24)14(3)25-18(23)11-27-20-22-16-8-4-5-10-17(16)26-20/h4-5,8,10,12-15H,6-7,9,11H2,1-3H3,(H,21,24)/t12-,13+,14+,15-/m0/s1. The number of thioether (sulfide) groups is 1. The summed E-state index contributed by atoms with van der Waals surface area (Å²) < 4.78 is 10.8. The number of amides is 1. The van der Waals surface area contributed by atoms with Gasteiger partial charge in [0, 0.05) is 6.04 Å². The molecule has 6 nitrogen and oxygen atoms in total. The minimum absolute atomic E-state index is 0.0430. The van der Waals surface area contributed by atoms with Gasteiger partial charge in [0.15, 0.2) is 11.7 Å². The molecule has 0 saturated heterocycles. The Morgan fingerprint density at radius 2 is 2.11 bits per heavy atom. The number of esters is 1. The molecule has 0 radical (unpaired) electrons. The maximum Gasteiger partial charge on any atom is 0.317 e. The zero-order valence-electron chi connectivity index (χ0n) is 15.9. The van der Waals surface area contributed by atoms with Crippen molar-refractivity contribution >= 4 is 34.7 Å². The molecule has 0 aliphatic heterocycles. The molecule has 0 bridgehead atoms. The van der Waals surface area contributed by atoms with Crippen LogP contribution in [0.3, 0.4) is 0 Å². The summed E-state index contributed by atoms with van der Waals surface area (Å²) in [4.78, 5) is 28.7. The Morgan fingerprint density at radius 1 is 1.33 bits per heavy atom. The maximum atomic E-state index is 12.4. The number of para-hydroxylation sites is 2. The van der Waals surface area contributed by atoms with E-state index in [1.807, 2.05) is 24.3 Å². The topological polar surface area (TPSA) is 81.4 Å². The number of hydrogen-bond acceptors (Lipinski definition) is 6. The van der Waals surface area contributed by atoms with Gasteiger partial charge in [-0.25, -0.2) is 4.98 Å². The number of nitrogens with one attached hydrogen (secondary N) is 1. The van der Waals surface area contributed by atoms with E-state index in [1.165, 1.54) is 6.42 Å². The second-order valence-corrected chi connectivity index (χ2v) is 8.18. The number of nitrogens with zero attached hydrogens (tertiary/aromatic N) is 1. The number of hydrogen-bond donors (Lipinski definition) is 1. The highest BCUT2D eigenvalue weighted by molar-refractivity contribution is 7.99. The van der Waals surface area contributed by atoms with Gasteiger partial charge in [-0.05, 0) is 37.3 Å². The van der Waals surface area contributed by atoms with E-state index >= 15 is 0 Å². The lowest BCUT2D eigenvalue weighted by Gasteiger charge is -2.35. The highest BCUT2D eigenvalue weighted by Gasteiger charge is 2.30. The van der Waals surface area contributed by atoms with Gasteiger partial charge in [0.05, 0.1) is 0 Å². The molecular formula is C20H26N2O4S.